The van der Waals surface area contributed by atoms with Crippen LogP contribution in [0.3, 0.4) is 0 Å². The van der Waals surface area contributed by atoms with Crippen LogP contribution in [0.1, 0.15) is 51.8 Å². The Balaban J connectivity index is 3.01. The topological polar surface area (TPSA) is 167 Å². The summed E-state index contributed by atoms with van der Waals surface area (Å²) in [7, 11) is 0. The first-order chi connectivity index (χ1) is 9.25. The number of primary amides is 2. The minimum atomic E-state index is -1.61. The lowest BCUT2D eigenvalue weighted by Gasteiger charge is -2.09. The highest BCUT2D eigenvalue weighted by molar-refractivity contribution is 6.24. The first kappa shape index (κ1) is 13.2. The largest absolute Gasteiger partial charge is 0.478 e. The molecule has 9 heteroatoms. The van der Waals surface area contributed by atoms with E-state index in [1.165, 1.54) is 0 Å². The third kappa shape index (κ3) is 1.68. The number of carboxylic acid groups (broad SMARTS) is 1. The van der Waals surface area contributed by atoms with Crippen molar-refractivity contribution in [3.8, 4) is 0 Å². The van der Waals surface area contributed by atoms with Gasteiger partial charge in [0.25, 0.3) is 0 Å². The number of hydrogen-bond acceptors (Lipinski definition) is 6. The van der Waals surface area contributed by atoms with Gasteiger partial charge in [-0.2, -0.15) is 0 Å². The molecule has 0 radical (unpaired) electrons. The normalized spacial score (nSPS) is 12.8. The second-order valence-electron chi connectivity index (χ2n) is 3.81. The summed E-state index contributed by atoms with van der Waals surface area (Å²) in [6, 6.07) is 0.747. The summed E-state index contributed by atoms with van der Waals surface area (Å²) in [5.41, 5.74) is 6.87. The van der Waals surface area contributed by atoms with Gasteiger partial charge in [0.2, 0.25) is 11.8 Å². The number of rotatable bonds is 3. The third-order valence-corrected chi connectivity index (χ3v) is 2.66. The van der Waals surface area contributed by atoms with Crippen LogP contribution in [0.5, 0.6) is 0 Å². The number of benzene rings is 1. The van der Waals surface area contributed by atoms with E-state index in [4.69, 9.17) is 16.6 Å². The average Bonchev–Trinajstić information content (AvgIpc) is 2.62. The molecule has 0 aliphatic carbocycles. The number of amides is 2. The lowest BCUT2D eigenvalue weighted by Crippen LogP contribution is -2.26. The molecule has 102 valence electrons. The molecule has 2 amide bonds. The van der Waals surface area contributed by atoms with Crippen LogP contribution in [0.15, 0.2) is 6.07 Å². The van der Waals surface area contributed by atoms with Crippen LogP contribution in [0.4, 0.5) is 0 Å². The van der Waals surface area contributed by atoms with Crippen molar-refractivity contribution in [2.75, 3.05) is 0 Å². The molecule has 1 heterocycles. The molecule has 1 aliphatic heterocycles. The highest BCUT2D eigenvalue weighted by atomic mass is 16.6. The maximum atomic E-state index is 11.5. The predicted molar refractivity (Wildman–Crippen MR) is 60.2 cm³/mol. The molecule has 1 aliphatic rings. The SMILES string of the molecule is NC(=O)c1c(C(=O)O)cc2c(c1C(N)=O)C(=O)OC2=O. The number of carbonyl (C=O) groups excluding carboxylic acids is 4. The maximum Gasteiger partial charge on any atom is 0.347 e. The molecule has 1 aromatic rings. The van der Waals surface area contributed by atoms with Crippen molar-refractivity contribution in [3.63, 3.8) is 0 Å². The van der Waals surface area contributed by atoms with Crippen LogP contribution in [0, 0.1) is 0 Å². The van der Waals surface area contributed by atoms with Gasteiger partial charge in [0, 0.05) is 0 Å². The summed E-state index contributed by atoms with van der Waals surface area (Å²) < 4.78 is 4.26. The fourth-order valence-corrected chi connectivity index (χ4v) is 1.92. The standard InChI is InChI=1S/C11H6N2O7/c12-7(14)4-2(9(16)17)1-3-5(6(4)8(13)15)11(19)20-10(3)18/h1H,(H2,12,14)(H2,13,15)(H,16,17). The van der Waals surface area contributed by atoms with Crippen molar-refractivity contribution in [2.24, 2.45) is 11.5 Å². The van der Waals surface area contributed by atoms with Crippen LogP contribution in [0.2, 0.25) is 0 Å². The van der Waals surface area contributed by atoms with Crippen molar-refractivity contribution >= 4 is 29.7 Å². The van der Waals surface area contributed by atoms with E-state index in [-0.39, 0.29) is 0 Å². The van der Waals surface area contributed by atoms with Gasteiger partial charge in [-0.15, -0.1) is 0 Å². The molecule has 20 heavy (non-hydrogen) atoms. The van der Waals surface area contributed by atoms with Crippen molar-refractivity contribution < 1.29 is 33.8 Å². The minimum Gasteiger partial charge on any atom is -0.478 e. The molecule has 9 nitrogen and oxygen atoms in total. The highest BCUT2D eigenvalue weighted by Crippen LogP contribution is 2.29. The molecular formula is C11H6N2O7. The molecule has 0 saturated carbocycles. The zero-order chi connectivity index (χ0) is 15.2. The van der Waals surface area contributed by atoms with E-state index < -0.39 is 57.5 Å². The average molecular weight is 278 g/mol. The summed E-state index contributed by atoms with van der Waals surface area (Å²) in [6.45, 7) is 0. The molecule has 0 atom stereocenters. The molecule has 0 spiro atoms. The Hall–Kier alpha value is -3.23. The summed E-state index contributed by atoms with van der Waals surface area (Å²) in [6.07, 6.45) is 0. The monoisotopic (exact) mass is 278 g/mol. The second kappa shape index (κ2) is 4.16. The van der Waals surface area contributed by atoms with Crippen molar-refractivity contribution in [1.82, 2.24) is 0 Å². The number of ether oxygens (including phenoxy) is 1. The Kier molecular flexibility index (Phi) is 2.74. The fourth-order valence-electron chi connectivity index (χ4n) is 1.92. The van der Waals surface area contributed by atoms with Crippen molar-refractivity contribution in [2.45, 2.75) is 0 Å². The van der Waals surface area contributed by atoms with Crippen LogP contribution in [-0.2, 0) is 4.74 Å². The lowest BCUT2D eigenvalue weighted by atomic mass is 9.91. The van der Waals surface area contributed by atoms with Crippen LogP contribution in [-0.4, -0.2) is 34.8 Å². The van der Waals surface area contributed by atoms with E-state index in [0.717, 1.165) is 6.07 Å². The summed E-state index contributed by atoms with van der Waals surface area (Å²) in [5, 5.41) is 9.01. The lowest BCUT2D eigenvalue weighted by molar-refractivity contribution is 0.0442. The van der Waals surface area contributed by atoms with Crippen LogP contribution in [0.25, 0.3) is 0 Å². The molecule has 0 unspecified atom stereocenters. The quantitative estimate of drug-likeness (QED) is 0.465. The molecule has 1 aromatic carbocycles. The number of carboxylic acids is 1. The van der Waals surface area contributed by atoms with Gasteiger partial charge in [-0.05, 0) is 6.07 Å². The van der Waals surface area contributed by atoms with E-state index >= 15 is 0 Å². The van der Waals surface area contributed by atoms with E-state index in [1.807, 2.05) is 0 Å². The minimum absolute atomic E-state index is 0.453. The Morgan fingerprint density at radius 3 is 2.00 bits per heavy atom. The number of hydrogen-bond donors (Lipinski definition) is 3. The smallest absolute Gasteiger partial charge is 0.347 e. The Morgan fingerprint density at radius 1 is 1.00 bits per heavy atom. The summed E-state index contributed by atoms with van der Waals surface area (Å²) in [5.74, 6) is -6.49. The Morgan fingerprint density at radius 2 is 1.55 bits per heavy atom. The molecule has 0 fully saturated rings. The van der Waals surface area contributed by atoms with E-state index in [1.54, 1.807) is 0 Å². The van der Waals surface area contributed by atoms with Gasteiger partial charge in [-0.25, -0.2) is 14.4 Å². The fraction of sp³-hybridized carbons (Fsp3) is 0. The van der Waals surface area contributed by atoms with E-state index in [2.05, 4.69) is 4.74 Å². The van der Waals surface area contributed by atoms with Crippen LogP contribution < -0.4 is 11.5 Å². The number of fused-ring (bicyclic) bond motifs is 1. The van der Waals surface area contributed by atoms with Gasteiger partial charge in [0.15, 0.2) is 0 Å². The summed E-state index contributed by atoms with van der Waals surface area (Å²) in [4.78, 5) is 56.8. The maximum absolute atomic E-state index is 11.5. The number of aromatic carboxylic acids is 1. The third-order valence-electron chi connectivity index (χ3n) is 2.66. The number of carbonyl (C=O) groups is 5. The van der Waals surface area contributed by atoms with Crippen molar-refractivity contribution in [1.29, 1.82) is 0 Å². The van der Waals surface area contributed by atoms with Gasteiger partial charge in [0.1, 0.15) is 0 Å². The molecule has 0 saturated heterocycles. The van der Waals surface area contributed by atoms with Crippen molar-refractivity contribution in [3.05, 3.63) is 33.9 Å². The van der Waals surface area contributed by atoms with Crippen LogP contribution >= 0.6 is 0 Å². The first-order valence-electron chi connectivity index (χ1n) is 5.06. The van der Waals surface area contributed by atoms with Gasteiger partial charge < -0.3 is 21.3 Å². The van der Waals surface area contributed by atoms with Gasteiger partial charge in [-0.3, -0.25) is 9.59 Å². The van der Waals surface area contributed by atoms with Gasteiger partial charge in [-0.1, -0.05) is 0 Å². The van der Waals surface area contributed by atoms with Gasteiger partial charge in [0.05, 0.1) is 27.8 Å². The summed E-state index contributed by atoms with van der Waals surface area (Å²) >= 11 is 0. The molecule has 0 aromatic heterocycles. The number of cyclic esters (lactones) is 2. The van der Waals surface area contributed by atoms with E-state index in [0.29, 0.717) is 0 Å². The molecule has 2 rings (SSSR count). The first-order valence-corrected chi connectivity index (χ1v) is 5.06. The molecule has 5 N–H and O–H groups in total. The predicted octanol–water partition coefficient (Wildman–Crippen LogP) is -1.11. The van der Waals surface area contributed by atoms with Gasteiger partial charge >= 0.3 is 17.9 Å². The molecular weight excluding hydrogens is 272 g/mol. The highest BCUT2D eigenvalue weighted by Gasteiger charge is 2.39. The van der Waals surface area contributed by atoms with E-state index in [9.17, 15) is 24.0 Å². The Labute approximate surface area is 110 Å². The zero-order valence-electron chi connectivity index (χ0n) is 9.63. The Bertz CT molecular complexity index is 720. The molecule has 0 bridgehead atoms. The second-order valence-corrected chi connectivity index (χ2v) is 3.81. The number of nitrogens with two attached hydrogens (primary N) is 2. The number of esters is 2. The zero-order valence-corrected chi connectivity index (χ0v) is 9.63.